The minimum absolute atomic E-state index is 0.198. The zero-order valence-corrected chi connectivity index (χ0v) is 9.43. The summed E-state index contributed by atoms with van der Waals surface area (Å²) in [5.74, 6) is 1.05. The Bertz CT molecular complexity index is 494. The molecule has 17 heavy (non-hydrogen) atoms. The van der Waals surface area contributed by atoms with E-state index in [1.165, 1.54) is 0 Å². The molecule has 2 N–H and O–H groups in total. The molecule has 0 unspecified atom stereocenters. The second-order valence-electron chi connectivity index (χ2n) is 3.39. The van der Waals surface area contributed by atoms with E-state index in [4.69, 9.17) is 4.74 Å². The van der Waals surface area contributed by atoms with Crippen LogP contribution in [0, 0.1) is 0 Å². The molecule has 0 aliphatic rings. The van der Waals surface area contributed by atoms with Crippen molar-refractivity contribution < 1.29 is 9.53 Å². The fourth-order valence-corrected chi connectivity index (χ4v) is 1.41. The van der Waals surface area contributed by atoms with Crippen LogP contribution in [0.25, 0.3) is 0 Å². The molecule has 0 fully saturated rings. The van der Waals surface area contributed by atoms with Gasteiger partial charge in [0.05, 0.1) is 12.8 Å². The van der Waals surface area contributed by atoms with Crippen LogP contribution in [0.2, 0.25) is 0 Å². The molecule has 0 spiro atoms. The van der Waals surface area contributed by atoms with Crippen molar-refractivity contribution in [3.63, 3.8) is 0 Å². The Labute approximate surface area is 98.8 Å². The fourth-order valence-electron chi connectivity index (χ4n) is 1.41. The summed E-state index contributed by atoms with van der Waals surface area (Å²) >= 11 is 0. The lowest BCUT2D eigenvalue weighted by molar-refractivity contribution is 0.102. The molecule has 0 aliphatic carbocycles. The van der Waals surface area contributed by atoms with Crippen molar-refractivity contribution in [2.24, 2.45) is 0 Å². The molecule has 0 bridgehead atoms. The van der Waals surface area contributed by atoms with Crippen molar-refractivity contribution >= 4 is 11.7 Å². The van der Waals surface area contributed by atoms with Crippen molar-refractivity contribution in [2.45, 2.75) is 6.92 Å². The standard InChI is InChI=1S/C12H13N3O2/c1-2-17-10-5-3-4-9(8-10)12(16)14-11-6-7-13-15-11/h3-8H,2H2,1H3,(H2,13,14,15,16). The quantitative estimate of drug-likeness (QED) is 0.846. The summed E-state index contributed by atoms with van der Waals surface area (Å²) in [5, 5.41) is 9.11. The summed E-state index contributed by atoms with van der Waals surface area (Å²) in [7, 11) is 0. The predicted octanol–water partition coefficient (Wildman–Crippen LogP) is 2.06. The number of benzene rings is 1. The van der Waals surface area contributed by atoms with Crippen molar-refractivity contribution in [2.75, 3.05) is 11.9 Å². The summed E-state index contributed by atoms with van der Waals surface area (Å²) in [5.41, 5.74) is 0.547. The third-order valence-electron chi connectivity index (χ3n) is 2.16. The minimum atomic E-state index is -0.198. The molecule has 0 atom stereocenters. The van der Waals surface area contributed by atoms with Crippen molar-refractivity contribution in [3.8, 4) is 5.75 Å². The molecule has 0 saturated heterocycles. The third kappa shape index (κ3) is 2.84. The van der Waals surface area contributed by atoms with Gasteiger partial charge in [-0.25, -0.2) is 0 Å². The molecule has 88 valence electrons. The average Bonchev–Trinajstić information content (AvgIpc) is 2.83. The van der Waals surface area contributed by atoms with Crippen molar-refractivity contribution in [3.05, 3.63) is 42.1 Å². The van der Waals surface area contributed by atoms with E-state index in [1.807, 2.05) is 13.0 Å². The highest BCUT2D eigenvalue weighted by atomic mass is 16.5. The molecule has 0 radical (unpaired) electrons. The van der Waals surface area contributed by atoms with Crippen LogP contribution in [-0.4, -0.2) is 22.7 Å². The van der Waals surface area contributed by atoms with Gasteiger partial charge in [-0.05, 0) is 25.1 Å². The molecular formula is C12H13N3O2. The number of aromatic nitrogens is 2. The van der Waals surface area contributed by atoms with Gasteiger partial charge in [0.1, 0.15) is 11.6 Å². The Balaban J connectivity index is 2.11. The van der Waals surface area contributed by atoms with E-state index in [2.05, 4.69) is 15.5 Å². The van der Waals surface area contributed by atoms with E-state index in [-0.39, 0.29) is 5.91 Å². The summed E-state index contributed by atoms with van der Waals surface area (Å²) in [6.07, 6.45) is 1.58. The van der Waals surface area contributed by atoms with E-state index in [0.29, 0.717) is 23.7 Å². The van der Waals surface area contributed by atoms with Crippen LogP contribution in [0.15, 0.2) is 36.5 Å². The number of H-pyrrole nitrogens is 1. The van der Waals surface area contributed by atoms with Crippen molar-refractivity contribution in [1.82, 2.24) is 10.2 Å². The molecule has 1 aromatic heterocycles. The van der Waals surface area contributed by atoms with Crippen LogP contribution in [-0.2, 0) is 0 Å². The van der Waals surface area contributed by atoms with Gasteiger partial charge in [0, 0.05) is 11.6 Å². The first-order valence-electron chi connectivity index (χ1n) is 5.33. The highest BCUT2D eigenvalue weighted by molar-refractivity contribution is 6.03. The van der Waals surface area contributed by atoms with E-state index in [0.717, 1.165) is 0 Å². The van der Waals surface area contributed by atoms with Gasteiger partial charge in [0.2, 0.25) is 0 Å². The zero-order valence-electron chi connectivity index (χ0n) is 9.43. The molecule has 0 aliphatic heterocycles. The number of carbonyl (C=O) groups is 1. The van der Waals surface area contributed by atoms with Gasteiger partial charge in [0.25, 0.3) is 5.91 Å². The number of hydrogen-bond acceptors (Lipinski definition) is 3. The molecule has 5 heteroatoms. The highest BCUT2D eigenvalue weighted by Gasteiger charge is 2.07. The van der Waals surface area contributed by atoms with Gasteiger partial charge in [-0.3, -0.25) is 9.89 Å². The average molecular weight is 231 g/mol. The van der Waals surface area contributed by atoms with Crippen LogP contribution in [0.3, 0.4) is 0 Å². The van der Waals surface area contributed by atoms with E-state index < -0.39 is 0 Å². The van der Waals surface area contributed by atoms with Gasteiger partial charge in [0.15, 0.2) is 0 Å². The van der Waals surface area contributed by atoms with E-state index >= 15 is 0 Å². The number of ether oxygens (including phenoxy) is 1. The second-order valence-corrected chi connectivity index (χ2v) is 3.39. The first-order chi connectivity index (χ1) is 8.29. The largest absolute Gasteiger partial charge is 0.494 e. The lowest BCUT2D eigenvalue weighted by Gasteiger charge is -2.06. The summed E-state index contributed by atoms with van der Waals surface area (Å²) in [6.45, 7) is 2.48. The molecule has 2 aromatic rings. The van der Waals surface area contributed by atoms with Crippen LogP contribution in [0.1, 0.15) is 17.3 Å². The minimum Gasteiger partial charge on any atom is -0.494 e. The smallest absolute Gasteiger partial charge is 0.256 e. The third-order valence-corrected chi connectivity index (χ3v) is 2.16. The molecule has 1 amide bonds. The monoisotopic (exact) mass is 231 g/mol. The van der Waals surface area contributed by atoms with Gasteiger partial charge >= 0.3 is 0 Å². The van der Waals surface area contributed by atoms with Crippen molar-refractivity contribution in [1.29, 1.82) is 0 Å². The van der Waals surface area contributed by atoms with Gasteiger partial charge < -0.3 is 10.1 Å². The van der Waals surface area contributed by atoms with Crippen LogP contribution < -0.4 is 10.1 Å². The lowest BCUT2D eigenvalue weighted by Crippen LogP contribution is -2.12. The Hall–Kier alpha value is -2.30. The maximum absolute atomic E-state index is 11.9. The molecule has 5 nitrogen and oxygen atoms in total. The molecular weight excluding hydrogens is 218 g/mol. The number of aromatic amines is 1. The molecule has 1 aromatic carbocycles. The first-order valence-corrected chi connectivity index (χ1v) is 5.33. The maximum atomic E-state index is 11.9. The number of nitrogens with zero attached hydrogens (tertiary/aromatic N) is 1. The maximum Gasteiger partial charge on any atom is 0.256 e. The van der Waals surface area contributed by atoms with Gasteiger partial charge in [-0.2, -0.15) is 5.10 Å². The highest BCUT2D eigenvalue weighted by Crippen LogP contribution is 2.14. The Morgan fingerprint density at radius 1 is 1.47 bits per heavy atom. The zero-order chi connectivity index (χ0) is 12.1. The SMILES string of the molecule is CCOc1cccc(C(=O)Nc2ccn[nH]2)c1. The topological polar surface area (TPSA) is 67.0 Å². The van der Waals surface area contributed by atoms with Crippen LogP contribution in [0.4, 0.5) is 5.82 Å². The Morgan fingerprint density at radius 2 is 2.35 bits per heavy atom. The summed E-state index contributed by atoms with van der Waals surface area (Å²) in [6, 6.07) is 8.72. The van der Waals surface area contributed by atoms with Crippen LogP contribution in [0.5, 0.6) is 5.75 Å². The predicted molar refractivity (Wildman–Crippen MR) is 64.2 cm³/mol. The lowest BCUT2D eigenvalue weighted by atomic mass is 10.2. The normalized spacial score (nSPS) is 9.94. The van der Waals surface area contributed by atoms with Gasteiger partial charge in [-0.15, -0.1) is 0 Å². The number of hydrogen-bond donors (Lipinski definition) is 2. The van der Waals surface area contributed by atoms with E-state index in [1.54, 1.807) is 30.5 Å². The fraction of sp³-hybridized carbons (Fsp3) is 0.167. The summed E-state index contributed by atoms with van der Waals surface area (Å²) < 4.78 is 5.33. The van der Waals surface area contributed by atoms with E-state index in [9.17, 15) is 4.79 Å². The summed E-state index contributed by atoms with van der Waals surface area (Å²) in [4.78, 5) is 11.9. The van der Waals surface area contributed by atoms with Crippen LogP contribution >= 0.6 is 0 Å². The number of amides is 1. The number of anilines is 1. The molecule has 2 rings (SSSR count). The molecule has 1 heterocycles. The Kier molecular flexibility index (Phi) is 3.40. The van der Waals surface area contributed by atoms with Gasteiger partial charge in [-0.1, -0.05) is 6.07 Å². The first kappa shape index (κ1) is 11.2. The number of rotatable bonds is 4. The number of nitrogens with one attached hydrogen (secondary N) is 2. The Morgan fingerprint density at radius 3 is 3.06 bits per heavy atom. The second kappa shape index (κ2) is 5.16. The number of carbonyl (C=O) groups excluding carboxylic acids is 1. The molecule has 0 saturated carbocycles.